The van der Waals surface area contributed by atoms with E-state index in [-0.39, 0.29) is 64.2 Å². The second-order valence-electron chi connectivity index (χ2n) is 18.2. The molecule has 14 heteroatoms. The van der Waals surface area contributed by atoms with Crippen LogP contribution in [-0.2, 0) is 25.7 Å². The second-order valence-corrected chi connectivity index (χ2v) is 19.5. The van der Waals surface area contributed by atoms with Crippen LogP contribution in [0, 0.1) is 34.0 Å². The van der Waals surface area contributed by atoms with Gasteiger partial charge in [-0.1, -0.05) is 33.8 Å². The molecule has 4 heterocycles. The van der Waals surface area contributed by atoms with Gasteiger partial charge >= 0.3 is 5.97 Å². The molecule has 0 aromatic carbocycles. The van der Waals surface area contributed by atoms with Crippen LogP contribution in [-0.4, -0.2) is 122 Å². The Labute approximate surface area is 343 Å². The van der Waals surface area contributed by atoms with Gasteiger partial charge in [0.25, 0.3) is 0 Å². The Bertz CT molecular complexity index is 1760. The summed E-state index contributed by atoms with van der Waals surface area (Å²) in [6, 6.07) is 0.578. The molecule has 310 valence electrons. The molecule has 1 N–H and O–H groups in total. The van der Waals surface area contributed by atoms with E-state index < -0.39 is 23.0 Å². The Morgan fingerprint density at radius 2 is 1.77 bits per heavy atom. The van der Waals surface area contributed by atoms with Crippen molar-refractivity contribution >= 4 is 58.8 Å². The second kappa shape index (κ2) is 16.9. The fourth-order valence-electron chi connectivity index (χ4n) is 11.4. The highest BCUT2D eigenvalue weighted by Crippen LogP contribution is 2.68. The van der Waals surface area contributed by atoms with Gasteiger partial charge in [-0.3, -0.25) is 14.4 Å². The van der Waals surface area contributed by atoms with E-state index in [1.165, 1.54) is 0 Å². The number of imidazole rings is 1. The minimum Gasteiger partial charge on any atom is -0.461 e. The number of ketones is 1. The molecule has 3 saturated carbocycles. The zero-order valence-corrected chi connectivity index (χ0v) is 36.0. The molecule has 0 spiro atoms. The van der Waals surface area contributed by atoms with E-state index in [1.54, 1.807) is 24.4 Å². The topological polar surface area (TPSA) is 134 Å². The number of aromatic nitrogens is 4. The van der Waals surface area contributed by atoms with Crippen LogP contribution in [0.25, 0.3) is 11.2 Å². The van der Waals surface area contributed by atoms with E-state index in [9.17, 15) is 19.5 Å². The molecule has 1 amide bonds. The maximum absolute atomic E-state index is 13.7. The number of amides is 1. The van der Waals surface area contributed by atoms with Crippen LogP contribution >= 0.6 is 24.2 Å². The van der Waals surface area contributed by atoms with Gasteiger partial charge in [0.2, 0.25) is 5.91 Å². The largest absolute Gasteiger partial charge is 0.461 e. The van der Waals surface area contributed by atoms with Crippen LogP contribution in [0.15, 0.2) is 25.3 Å². The normalized spacial score (nSPS) is 34.1. The molecule has 0 unspecified atom stereocenters. The zero-order chi connectivity index (χ0) is 39.3. The number of piperidine rings is 2. The van der Waals surface area contributed by atoms with Crippen LogP contribution in [0.2, 0.25) is 0 Å². The van der Waals surface area contributed by atoms with Gasteiger partial charge in [-0.15, -0.1) is 30.7 Å². The summed E-state index contributed by atoms with van der Waals surface area (Å²) in [6.45, 7) is 16.3. The molecule has 2 aliphatic heterocycles. The van der Waals surface area contributed by atoms with E-state index in [0.717, 1.165) is 75.0 Å². The lowest BCUT2D eigenvalue weighted by Gasteiger charge is -2.61. The molecule has 12 nitrogen and oxygen atoms in total. The number of halogens is 1. The number of anilines is 1. The molecule has 2 aromatic heterocycles. The molecule has 2 aromatic rings. The maximum Gasteiger partial charge on any atom is 0.316 e. The van der Waals surface area contributed by atoms with Gasteiger partial charge in [0.1, 0.15) is 18.2 Å². The quantitative estimate of drug-likeness (QED) is 0.231. The Hall–Kier alpha value is -2.74. The van der Waals surface area contributed by atoms with E-state index >= 15 is 0 Å². The predicted molar refractivity (Wildman–Crippen MR) is 223 cm³/mol. The number of carbonyl (C=O) groups excluding carboxylic acids is 3. The van der Waals surface area contributed by atoms with Crippen molar-refractivity contribution in [1.82, 2.24) is 29.3 Å². The SMILES string of the molecule is C=C[C@]1(C)C[C@@H](OC(=O)CSC2CCN(C(=O)CCn3cnc4c(N5CCC(N(C)C)CC5)ncnc43)CC2)[C@]2(C)[C@H](C)CC[C@]3(CCC(=O)[C@H]32)[C@@H](C)[C@@H]1O.Cl. The molecule has 5 fully saturated rings. The number of fused-ring (bicyclic) bond motifs is 1. The average molecular weight is 815 g/mol. The van der Waals surface area contributed by atoms with Gasteiger partial charge < -0.3 is 29.1 Å². The molecule has 8 atom stereocenters. The smallest absolute Gasteiger partial charge is 0.316 e. The summed E-state index contributed by atoms with van der Waals surface area (Å²) < 4.78 is 8.43. The summed E-state index contributed by atoms with van der Waals surface area (Å²) in [5.74, 6) is 1.11. The van der Waals surface area contributed by atoms with E-state index in [4.69, 9.17) is 4.74 Å². The highest BCUT2D eigenvalue weighted by molar-refractivity contribution is 8.00. The zero-order valence-electron chi connectivity index (χ0n) is 34.3. The lowest BCUT2D eigenvalue weighted by atomic mass is 9.44. The van der Waals surface area contributed by atoms with Gasteiger partial charge in [0.05, 0.1) is 18.2 Å². The predicted octanol–water partition coefficient (Wildman–Crippen LogP) is 5.80. The fraction of sp³-hybridized carbons (Fsp3) is 0.762. The molecule has 3 aliphatic carbocycles. The van der Waals surface area contributed by atoms with Crippen molar-refractivity contribution in [1.29, 1.82) is 0 Å². The van der Waals surface area contributed by atoms with Gasteiger partial charge in [0.15, 0.2) is 17.0 Å². The van der Waals surface area contributed by atoms with Gasteiger partial charge in [0, 0.05) is 73.6 Å². The van der Waals surface area contributed by atoms with Gasteiger partial charge in [-0.2, -0.15) is 0 Å². The first-order chi connectivity index (χ1) is 26.2. The van der Waals surface area contributed by atoms with Crippen molar-refractivity contribution in [2.75, 3.05) is 50.9 Å². The molecular weight excluding hydrogens is 750 g/mol. The number of aliphatic hydroxyl groups excluding tert-OH is 1. The first-order valence-corrected chi connectivity index (χ1v) is 21.8. The summed E-state index contributed by atoms with van der Waals surface area (Å²) in [5, 5.41) is 12.1. The summed E-state index contributed by atoms with van der Waals surface area (Å²) in [4.78, 5) is 61.1. The molecule has 56 heavy (non-hydrogen) atoms. The third-order valence-corrected chi connectivity index (χ3v) is 16.6. The minimum absolute atomic E-state index is 0. The average Bonchev–Trinajstić information content (AvgIpc) is 3.78. The number of hydrogen-bond acceptors (Lipinski definition) is 11. The van der Waals surface area contributed by atoms with E-state index in [0.29, 0.717) is 44.9 Å². The van der Waals surface area contributed by atoms with Crippen molar-refractivity contribution in [2.45, 2.75) is 122 Å². The Balaban J connectivity index is 0.00000532. The lowest BCUT2D eigenvalue weighted by molar-refractivity contribution is -0.205. The summed E-state index contributed by atoms with van der Waals surface area (Å²) >= 11 is 1.61. The van der Waals surface area contributed by atoms with Crippen molar-refractivity contribution < 1.29 is 24.2 Å². The third-order valence-electron chi connectivity index (χ3n) is 15.2. The minimum atomic E-state index is -0.679. The van der Waals surface area contributed by atoms with Crippen molar-refractivity contribution in [3.05, 3.63) is 25.3 Å². The highest BCUT2D eigenvalue weighted by Gasteiger charge is 2.68. The van der Waals surface area contributed by atoms with E-state index in [1.807, 2.05) is 22.5 Å². The number of esters is 1. The van der Waals surface area contributed by atoms with Crippen molar-refractivity contribution in [2.24, 2.45) is 34.0 Å². The van der Waals surface area contributed by atoms with Crippen LogP contribution in [0.3, 0.4) is 0 Å². The van der Waals surface area contributed by atoms with E-state index in [2.05, 4.69) is 66.2 Å². The molecule has 5 aliphatic rings. The van der Waals surface area contributed by atoms with Gasteiger partial charge in [-0.25, -0.2) is 15.0 Å². The number of aliphatic hydroxyl groups is 1. The number of thioether (sulfide) groups is 1. The Kier molecular flexibility index (Phi) is 12.9. The lowest BCUT2D eigenvalue weighted by Crippen LogP contribution is -2.63. The Morgan fingerprint density at radius 3 is 2.45 bits per heavy atom. The summed E-state index contributed by atoms with van der Waals surface area (Å²) in [6.07, 6.45) is 11.8. The first kappa shape index (κ1) is 42.9. The molecule has 7 rings (SSSR count). The molecule has 2 bridgehead atoms. The highest BCUT2D eigenvalue weighted by atomic mass is 35.5. The number of rotatable bonds is 10. The molecule has 0 radical (unpaired) electrons. The van der Waals surface area contributed by atoms with Crippen molar-refractivity contribution in [3.8, 4) is 0 Å². The maximum atomic E-state index is 13.7. The number of likely N-dealkylation sites (tertiary alicyclic amines) is 1. The molecular formula is C42H64ClN7O5S. The summed E-state index contributed by atoms with van der Waals surface area (Å²) in [5.41, 5.74) is 0.0895. The van der Waals surface area contributed by atoms with Crippen LogP contribution in [0.1, 0.15) is 91.9 Å². The van der Waals surface area contributed by atoms with Crippen LogP contribution in [0.5, 0.6) is 0 Å². The Morgan fingerprint density at radius 1 is 1.05 bits per heavy atom. The van der Waals surface area contributed by atoms with Crippen LogP contribution in [0.4, 0.5) is 5.82 Å². The monoisotopic (exact) mass is 813 g/mol. The standard InChI is InChI=1S/C42H63N7O5S.ClH/c1-8-40(4)23-32(41(5)27(2)9-16-42(28(3)37(40)53)17-10-31(50)36(41)42)54-34(52)24-55-30-13-20-47(21-14-30)33(51)15-22-49-26-45-35-38(43-25-44-39(35)49)48-18-11-29(12-19-48)46(6)7;/h8,25-30,32,36-37,53H,1,9-24H2,2-7H3;1H/t27-,28+,32-,36+,37+,40-,41+,42+;/m1./s1. The third kappa shape index (κ3) is 7.63. The number of aryl methyl sites for hydroxylation is 1. The number of hydrogen-bond donors (Lipinski definition) is 1. The number of carbonyl (C=O) groups is 3. The first-order valence-electron chi connectivity index (χ1n) is 20.7. The number of nitrogens with zero attached hydrogens (tertiary/aromatic N) is 7. The molecule has 2 saturated heterocycles. The van der Waals surface area contributed by atoms with Gasteiger partial charge in [-0.05, 0) is 82.7 Å². The summed E-state index contributed by atoms with van der Waals surface area (Å²) in [7, 11) is 4.27. The number of ether oxygens (including phenoxy) is 1. The fourth-order valence-corrected chi connectivity index (χ4v) is 12.4. The van der Waals surface area contributed by atoms with Crippen molar-refractivity contribution in [3.63, 3.8) is 0 Å². The van der Waals surface area contributed by atoms with Crippen LogP contribution < -0.4 is 4.90 Å². The number of Topliss-reactive ketones (excluding diaryl/α,β-unsaturated/α-hetero) is 1.